The molecule has 0 bridgehead atoms. The van der Waals surface area contributed by atoms with Gasteiger partial charge in [0.15, 0.2) is 0 Å². The zero-order chi connectivity index (χ0) is 43.3. The Labute approximate surface area is 362 Å². The number of nitrogens with zero attached hydrogens (tertiary/aromatic N) is 2. The molecule has 4 aliphatic rings. The van der Waals surface area contributed by atoms with Crippen molar-refractivity contribution in [3.63, 3.8) is 0 Å². The molecule has 2 saturated heterocycles. The number of carboxylic acid groups (broad SMARTS) is 1. The molecular formula is C51H68N2O8. The number of aliphatic carboxylic acids is 1. The first kappa shape index (κ1) is 44.8. The maximum atomic E-state index is 11.5. The topological polar surface area (TPSA) is 107 Å². The molecule has 2 aliphatic heterocycles. The summed E-state index contributed by atoms with van der Waals surface area (Å²) in [6, 6.07) is 25.8. The number of carbonyl (C=O) groups excluding carboxylic acids is 1. The third-order valence-electron chi connectivity index (χ3n) is 14.3. The number of rotatable bonds is 14. The first-order valence-corrected chi connectivity index (χ1v) is 22.5. The van der Waals surface area contributed by atoms with Crippen LogP contribution in [0.3, 0.4) is 0 Å². The summed E-state index contributed by atoms with van der Waals surface area (Å²) in [7, 11) is 5.07. The van der Waals surface area contributed by atoms with Gasteiger partial charge in [0.1, 0.15) is 11.5 Å². The third-order valence-corrected chi connectivity index (χ3v) is 14.3. The van der Waals surface area contributed by atoms with E-state index in [9.17, 15) is 9.59 Å². The Morgan fingerprint density at radius 1 is 0.557 bits per heavy atom. The number of likely N-dealkylation sites (tertiary alicyclic amines) is 2. The van der Waals surface area contributed by atoms with Crippen LogP contribution in [0.5, 0.6) is 11.5 Å². The van der Waals surface area contributed by atoms with Gasteiger partial charge < -0.3 is 28.8 Å². The Kier molecular flexibility index (Phi) is 14.3. The molecule has 330 valence electrons. The highest BCUT2D eigenvalue weighted by Gasteiger charge is 2.36. The van der Waals surface area contributed by atoms with Crippen LogP contribution in [-0.4, -0.2) is 97.8 Å². The number of methoxy groups -OCH3 is 3. The van der Waals surface area contributed by atoms with E-state index in [1.54, 1.807) is 7.11 Å². The van der Waals surface area contributed by atoms with Gasteiger partial charge in [0.25, 0.3) is 0 Å². The molecule has 61 heavy (non-hydrogen) atoms. The van der Waals surface area contributed by atoms with Gasteiger partial charge in [-0.2, -0.15) is 0 Å². The van der Waals surface area contributed by atoms with Crippen molar-refractivity contribution in [2.24, 2.45) is 23.7 Å². The highest BCUT2D eigenvalue weighted by Crippen LogP contribution is 2.38. The van der Waals surface area contributed by atoms with Crippen LogP contribution in [0, 0.1) is 23.7 Å². The highest BCUT2D eigenvalue weighted by molar-refractivity contribution is 5.85. The zero-order valence-electron chi connectivity index (χ0n) is 37.5. The quantitative estimate of drug-likeness (QED) is 0.124. The van der Waals surface area contributed by atoms with Crippen LogP contribution in [0.2, 0.25) is 0 Å². The monoisotopic (exact) mass is 836 g/mol. The van der Waals surface area contributed by atoms with Crippen molar-refractivity contribution in [1.29, 1.82) is 0 Å². The van der Waals surface area contributed by atoms with Crippen molar-refractivity contribution < 1.29 is 38.4 Å². The van der Waals surface area contributed by atoms with Crippen LogP contribution >= 0.6 is 0 Å². The van der Waals surface area contributed by atoms with E-state index in [4.69, 9.17) is 28.8 Å². The standard InChI is InChI=1S/C26H35NO4.C25H33NO4/c1-26(2,30-4)22-8-11-23(12-9-22)31-24-10-7-19-13-18(5-6-20(19)14-24)15-27-16-21(17-27)25(28)29-3;1-25(2,29-3)21-7-10-22(11-8-21)30-23-9-6-18-12-17(4-5-19(18)13-23)14-26-15-20(16-26)24(27)28/h5-7,10,13-14,21-23H,8-9,11-12,15-17H2,1-4H3;4-6,9,12-13,20-22H,7-8,10-11,14-16H2,1-3H3,(H,27,28). The molecule has 10 heteroatoms. The Morgan fingerprint density at radius 3 is 1.31 bits per heavy atom. The number of carboxylic acids is 1. The summed E-state index contributed by atoms with van der Waals surface area (Å²) >= 11 is 0. The average molecular weight is 837 g/mol. The molecule has 0 amide bonds. The fourth-order valence-electron chi connectivity index (χ4n) is 9.75. The van der Waals surface area contributed by atoms with Crippen LogP contribution < -0.4 is 9.47 Å². The first-order chi connectivity index (χ1) is 29.2. The fourth-order valence-corrected chi connectivity index (χ4v) is 9.75. The molecule has 0 spiro atoms. The second-order valence-corrected chi connectivity index (χ2v) is 19.1. The smallest absolute Gasteiger partial charge is 0.311 e. The minimum absolute atomic E-state index is 0.0285. The molecule has 2 saturated carbocycles. The molecule has 4 aromatic carbocycles. The lowest BCUT2D eigenvalue weighted by molar-refractivity contribution is -0.151. The van der Waals surface area contributed by atoms with Gasteiger partial charge in [0.05, 0.1) is 42.4 Å². The minimum atomic E-state index is -0.687. The van der Waals surface area contributed by atoms with E-state index in [0.29, 0.717) is 24.9 Å². The number of benzene rings is 4. The molecule has 1 N–H and O–H groups in total. The Bertz CT molecular complexity index is 2110. The summed E-state index contributed by atoms with van der Waals surface area (Å²) in [4.78, 5) is 27.0. The molecule has 10 nitrogen and oxygen atoms in total. The summed E-state index contributed by atoms with van der Waals surface area (Å²) in [6.45, 7) is 13.3. The normalized spacial score (nSPS) is 23.1. The van der Waals surface area contributed by atoms with Crippen molar-refractivity contribution in [3.8, 4) is 11.5 Å². The highest BCUT2D eigenvalue weighted by atomic mass is 16.5. The number of hydrogen-bond donors (Lipinski definition) is 1. The van der Waals surface area contributed by atoms with E-state index >= 15 is 0 Å². The van der Waals surface area contributed by atoms with E-state index in [-0.39, 0.29) is 41.2 Å². The second kappa shape index (κ2) is 19.4. The lowest BCUT2D eigenvalue weighted by atomic mass is 9.78. The Morgan fingerprint density at radius 2 is 0.934 bits per heavy atom. The number of esters is 1. The van der Waals surface area contributed by atoms with Gasteiger partial charge in [-0.25, -0.2) is 0 Å². The summed E-state index contributed by atoms with van der Waals surface area (Å²) in [5.74, 6) is 2.12. The van der Waals surface area contributed by atoms with Crippen LogP contribution in [0.1, 0.15) is 90.2 Å². The molecule has 0 unspecified atom stereocenters. The number of hydrogen-bond acceptors (Lipinski definition) is 9. The van der Waals surface area contributed by atoms with E-state index in [0.717, 1.165) is 89.0 Å². The molecular weight excluding hydrogens is 769 g/mol. The van der Waals surface area contributed by atoms with Gasteiger partial charge in [-0.05, 0) is 160 Å². The van der Waals surface area contributed by atoms with E-state index in [1.165, 1.54) is 39.8 Å². The summed E-state index contributed by atoms with van der Waals surface area (Å²) < 4.78 is 28.8. The van der Waals surface area contributed by atoms with Crippen molar-refractivity contribution >= 4 is 33.5 Å². The number of ether oxygens (including phenoxy) is 5. The number of carbonyl (C=O) groups is 2. The minimum Gasteiger partial charge on any atom is -0.490 e. The SMILES string of the molecule is COC(=O)C1CN(Cc2ccc3cc(OC4CCC(C(C)(C)OC)CC4)ccc3c2)C1.COC(C)(C)C1CCC(Oc2ccc3cc(CN4CC(C(=O)O)C4)ccc3c2)CC1. The van der Waals surface area contributed by atoms with E-state index in [2.05, 4.69) is 110 Å². The van der Waals surface area contributed by atoms with Gasteiger partial charge in [-0.3, -0.25) is 19.4 Å². The Hall–Kier alpha value is -4.22. The predicted octanol–water partition coefficient (Wildman–Crippen LogP) is 9.53. The lowest BCUT2D eigenvalue weighted by Crippen LogP contribution is -2.49. The van der Waals surface area contributed by atoms with E-state index < -0.39 is 5.97 Å². The van der Waals surface area contributed by atoms with Crippen LogP contribution in [0.4, 0.5) is 0 Å². The summed E-state index contributed by atoms with van der Waals surface area (Å²) in [5, 5.41) is 13.8. The Balaban J connectivity index is 0.000000184. The van der Waals surface area contributed by atoms with E-state index in [1.807, 2.05) is 7.11 Å². The zero-order valence-corrected chi connectivity index (χ0v) is 37.5. The maximum absolute atomic E-state index is 11.5. The molecule has 4 fully saturated rings. The second-order valence-electron chi connectivity index (χ2n) is 19.1. The molecule has 0 radical (unpaired) electrons. The maximum Gasteiger partial charge on any atom is 0.311 e. The van der Waals surface area contributed by atoms with Gasteiger partial charge in [0.2, 0.25) is 0 Å². The van der Waals surface area contributed by atoms with Crippen molar-refractivity contribution in [1.82, 2.24) is 9.80 Å². The fraction of sp³-hybridized carbons (Fsp3) is 0.569. The summed E-state index contributed by atoms with van der Waals surface area (Å²) in [5.41, 5.74) is 2.38. The van der Waals surface area contributed by atoms with Gasteiger partial charge >= 0.3 is 11.9 Å². The third kappa shape index (κ3) is 11.2. The molecule has 4 aromatic rings. The molecule has 2 aliphatic carbocycles. The van der Waals surface area contributed by atoms with Crippen molar-refractivity contribution in [2.75, 3.05) is 47.5 Å². The van der Waals surface area contributed by atoms with Crippen molar-refractivity contribution in [3.05, 3.63) is 83.9 Å². The predicted molar refractivity (Wildman–Crippen MR) is 240 cm³/mol. The van der Waals surface area contributed by atoms with Crippen LogP contribution in [0.25, 0.3) is 21.5 Å². The lowest BCUT2D eigenvalue weighted by Gasteiger charge is -2.38. The molecule has 0 aromatic heterocycles. The number of fused-ring (bicyclic) bond motifs is 2. The average Bonchev–Trinajstić information content (AvgIpc) is 3.23. The molecule has 0 atom stereocenters. The van der Waals surface area contributed by atoms with Crippen molar-refractivity contribution in [2.45, 2.75) is 116 Å². The molecule has 2 heterocycles. The van der Waals surface area contributed by atoms with Crippen LogP contribution in [0.15, 0.2) is 72.8 Å². The van der Waals surface area contributed by atoms with Gasteiger partial charge in [-0.15, -0.1) is 0 Å². The van der Waals surface area contributed by atoms with Gasteiger partial charge in [-0.1, -0.05) is 36.4 Å². The summed E-state index contributed by atoms with van der Waals surface area (Å²) in [6.07, 6.45) is 9.44. The molecule has 8 rings (SSSR count). The largest absolute Gasteiger partial charge is 0.490 e. The van der Waals surface area contributed by atoms with Gasteiger partial charge in [0, 0.05) is 53.5 Å². The first-order valence-electron chi connectivity index (χ1n) is 22.5. The van der Waals surface area contributed by atoms with Crippen LogP contribution in [-0.2, 0) is 36.9 Å².